The van der Waals surface area contributed by atoms with Crippen molar-refractivity contribution in [2.75, 3.05) is 23.7 Å². The molecule has 4 aliphatic rings. The number of aromatic nitrogens is 1. The number of anilines is 1. The molecular weight excluding hydrogens is 320 g/mol. The first kappa shape index (κ1) is 15.8. The molecule has 1 saturated heterocycles. The van der Waals surface area contributed by atoms with Gasteiger partial charge in [-0.2, -0.15) is 5.26 Å². The van der Waals surface area contributed by atoms with Crippen molar-refractivity contribution >= 4 is 23.4 Å². The summed E-state index contributed by atoms with van der Waals surface area (Å²) in [6, 6.07) is 4.58. The van der Waals surface area contributed by atoms with Crippen molar-refractivity contribution in [3.05, 3.63) is 17.3 Å². The topological polar surface area (TPSA) is 69.0 Å². The summed E-state index contributed by atoms with van der Waals surface area (Å²) in [6.07, 6.45) is 6.90. The maximum atomic E-state index is 12.1. The maximum Gasteiger partial charge on any atom is 0.230 e. The molecule has 24 heavy (non-hydrogen) atoms. The largest absolute Gasteiger partial charge is 0.370 e. The summed E-state index contributed by atoms with van der Waals surface area (Å²) < 4.78 is 0. The molecule has 0 atom stereocenters. The Bertz CT molecular complexity index is 685. The van der Waals surface area contributed by atoms with Crippen molar-refractivity contribution in [3.63, 3.8) is 0 Å². The van der Waals surface area contributed by atoms with Gasteiger partial charge in [0.25, 0.3) is 0 Å². The fourth-order valence-corrected chi connectivity index (χ4v) is 4.88. The summed E-state index contributed by atoms with van der Waals surface area (Å²) in [5.74, 6) is 0.913. The molecule has 0 aromatic carbocycles. The number of piperidine rings is 1. The number of hydrogen-bond donors (Lipinski definition) is 1. The Morgan fingerprint density at radius 3 is 2.79 bits per heavy atom. The van der Waals surface area contributed by atoms with Crippen LogP contribution in [0.1, 0.15) is 55.7 Å². The molecule has 1 amide bonds. The lowest BCUT2D eigenvalue weighted by atomic mass is 9.86. The summed E-state index contributed by atoms with van der Waals surface area (Å²) in [5, 5.41) is 13.3. The van der Waals surface area contributed by atoms with Gasteiger partial charge in [0, 0.05) is 25.0 Å². The molecule has 2 bridgehead atoms. The second-order valence-electron chi connectivity index (χ2n) is 6.96. The minimum absolute atomic E-state index is 0.0561. The van der Waals surface area contributed by atoms with Gasteiger partial charge >= 0.3 is 0 Å². The summed E-state index contributed by atoms with van der Waals surface area (Å²) in [4.78, 5) is 19.3. The first-order chi connectivity index (χ1) is 11.7. The smallest absolute Gasteiger partial charge is 0.230 e. The van der Waals surface area contributed by atoms with Crippen LogP contribution in [-0.2, 0) is 4.79 Å². The molecule has 3 aliphatic heterocycles. The number of pyridine rings is 1. The van der Waals surface area contributed by atoms with Crippen LogP contribution >= 0.6 is 11.8 Å². The molecule has 4 heterocycles. The molecule has 1 aromatic heterocycles. The van der Waals surface area contributed by atoms with E-state index in [-0.39, 0.29) is 5.91 Å². The molecule has 5 nitrogen and oxygen atoms in total. The van der Waals surface area contributed by atoms with Gasteiger partial charge in [0.05, 0.1) is 22.7 Å². The molecule has 1 saturated carbocycles. The van der Waals surface area contributed by atoms with Crippen LogP contribution in [0.5, 0.6) is 0 Å². The Balaban J connectivity index is 1.47. The fourth-order valence-electron chi connectivity index (χ4n) is 4.11. The van der Waals surface area contributed by atoms with Crippen LogP contribution in [-0.4, -0.2) is 35.8 Å². The molecule has 0 unspecified atom stereocenters. The molecule has 0 spiro atoms. The quantitative estimate of drug-likeness (QED) is 0.852. The lowest BCUT2D eigenvalue weighted by Gasteiger charge is -2.41. The van der Waals surface area contributed by atoms with Crippen molar-refractivity contribution in [2.24, 2.45) is 0 Å². The van der Waals surface area contributed by atoms with E-state index in [4.69, 9.17) is 4.98 Å². The first-order valence-electron chi connectivity index (χ1n) is 8.87. The Hall–Kier alpha value is -1.74. The molecule has 5 rings (SSSR count). The third-order valence-electron chi connectivity index (χ3n) is 5.40. The van der Waals surface area contributed by atoms with Crippen molar-refractivity contribution in [1.82, 2.24) is 10.3 Å². The zero-order valence-electron chi connectivity index (χ0n) is 13.8. The van der Waals surface area contributed by atoms with E-state index >= 15 is 0 Å². The van der Waals surface area contributed by atoms with Crippen LogP contribution in [0.3, 0.4) is 0 Å². The van der Waals surface area contributed by atoms with Crippen molar-refractivity contribution in [1.29, 1.82) is 5.26 Å². The van der Waals surface area contributed by atoms with E-state index in [0.717, 1.165) is 50.2 Å². The van der Waals surface area contributed by atoms with Gasteiger partial charge < -0.3 is 10.2 Å². The average Bonchev–Trinajstić information content (AvgIpc) is 3.13. The highest BCUT2D eigenvalue weighted by Gasteiger charge is 2.33. The zero-order valence-corrected chi connectivity index (χ0v) is 14.6. The number of nitrogens with one attached hydrogen (secondary N) is 1. The Morgan fingerprint density at radius 1 is 1.33 bits per heavy atom. The first-order valence-corrected chi connectivity index (χ1v) is 9.85. The third-order valence-corrected chi connectivity index (χ3v) is 6.39. The van der Waals surface area contributed by atoms with E-state index in [0.29, 0.717) is 28.3 Å². The van der Waals surface area contributed by atoms with Gasteiger partial charge in [-0.1, -0.05) is 24.6 Å². The number of nitriles is 1. The second kappa shape index (κ2) is 6.64. The van der Waals surface area contributed by atoms with Crippen LogP contribution in [0.25, 0.3) is 0 Å². The molecule has 0 radical (unpaired) electrons. The number of thioether (sulfide) groups is 1. The molecule has 6 heteroatoms. The molecular formula is C18H22N4OS. The van der Waals surface area contributed by atoms with E-state index < -0.39 is 0 Å². The number of hydrogen-bond acceptors (Lipinski definition) is 5. The second-order valence-corrected chi connectivity index (χ2v) is 7.92. The van der Waals surface area contributed by atoms with Crippen LogP contribution < -0.4 is 10.2 Å². The SMILES string of the molecule is N#Cc1cc2c(nc1SCC(=O)NC1CCCC1)C1CCN2CC1. The van der Waals surface area contributed by atoms with E-state index in [1.165, 1.54) is 24.6 Å². The van der Waals surface area contributed by atoms with Crippen LogP contribution in [0.2, 0.25) is 0 Å². The van der Waals surface area contributed by atoms with Gasteiger partial charge in [-0.15, -0.1) is 0 Å². The molecule has 1 N–H and O–H groups in total. The van der Waals surface area contributed by atoms with E-state index in [1.54, 1.807) is 0 Å². The van der Waals surface area contributed by atoms with E-state index in [2.05, 4.69) is 16.3 Å². The Kier molecular flexibility index (Phi) is 4.36. The minimum Gasteiger partial charge on any atom is -0.370 e. The van der Waals surface area contributed by atoms with Crippen LogP contribution in [0, 0.1) is 11.3 Å². The average molecular weight is 342 g/mol. The van der Waals surface area contributed by atoms with Crippen molar-refractivity contribution in [2.45, 2.75) is 55.5 Å². The number of carbonyl (C=O) groups excluding carboxylic acids is 1. The predicted molar refractivity (Wildman–Crippen MR) is 94.3 cm³/mol. The number of nitrogens with zero attached hydrogens (tertiary/aromatic N) is 3. The van der Waals surface area contributed by atoms with Gasteiger partial charge in [0.1, 0.15) is 11.1 Å². The Morgan fingerprint density at radius 2 is 2.08 bits per heavy atom. The molecule has 1 aliphatic carbocycles. The minimum atomic E-state index is 0.0561. The number of carbonyl (C=O) groups is 1. The number of rotatable bonds is 4. The summed E-state index contributed by atoms with van der Waals surface area (Å²) in [7, 11) is 0. The lowest BCUT2D eigenvalue weighted by molar-refractivity contribution is -0.119. The number of amides is 1. The van der Waals surface area contributed by atoms with Gasteiger partial charge in [0.2, 0.25) is 5.91 Å². The molecule has 1 aromatic rings. The standard InChI is InChI=1S/C18H22N4OS/c19-10-13-9-15-17(12-5-7-22(15)8-6-12)21-18(13)24-11-16(23)20-14-3-1-2-4-14/h9,12,14H,1-8,11H2,(H,20,23). The van der Waals surface area contributed by atoms with Gasteiger partial charge in [0.15, 0.2) is 0 Å². The highest BCUT2D eigenvalue weighted by atomic mass is 32.2. The summed E-state index contributed by atoms with van der Waals surface area (Å²) >= 11 is 1.40. The maximum absolute atomic E-state index is 12.1. The van der Waals surface area contributed by atoms with Crippen LogP contribution in [0.4, 0.5) is 5.69 Å². The zero-order chi connectivity index (χ0) is 16.5. The van der Waals surface area contributed by atoms with Gasteiger partial charge in [-0.3, -0.25) is 4.79 Å². The lowest BCUT2D eigenvalue weighted by Crippen LogP contribution is -2.39. The number of fused-ring (bicyclic) bond motifs is 2. The fraction of sp³-hybridized carbons (Fsp3) is 0.611. The van der Waals surface area contributed by atoms with Crippen LogP contribution in [0.15, 0.2) is 11.1 Å². The van der Waals surface area contributed by atoms with E-state index in [9.17, 15) is 10.1 Å². The van der Waals surface area contributed by atoms with Crippen molar-refractivity contribution < 1.29 is 4.79 Å². The third kappa shape index (κ3) is 2.98. The monoisotopic (exact) mass is 342 g/mol. The molecule has 2 fully saturated rings. The highest BCUT2D eigenvalue weighted by Crippen LogP contribution is 2.42. The van der Waals surface area contributed by atoms with Crippen molar-refractivity contribution in [3.8, 4) is 6.07 Å². The summed E-state index contributed by atoms with van der Waals surface area (Å²) in [5.41, 5.74) is 2.86. The molecule has 126 valence electrons. The Labute approximate surface area is 146 Å². The van der Waals surface area contributed by atoms with E-state index in [1.807, 2.05) is 6.07 Å². The van der Waals surface area contributed by atoms with Gasteiger partial charge in [-0.05, 0) is 31.7 Å². The summed E-state index contributed by atoms with van der Waals surface area (Å²) in [6.45, 7) is 2.14. The highest BCUT2D eigenvalue weighted by molar-refractivity contribution is 8.00. The predicted octanol–water partition coefficient (Wildman–Crippen LogP) is 2.80. The normalized spacial score (nSPS) is 20.0. The van der Waals surface area contributed by atoms with Gasteiger partial charge in [-0.25, -0.2) is 4.98 Å².